The summed E-state index contributed by atoms with van der Waals surface area (Å²) in [6.45, 7) is 3.57. The van der Waals surface area contributed by atoms with Crippen LogP contribution in [0.1, 0.15) is 32.1 Å². The minimum atomic E-state index is -0.858. The molecule has 1 amide bonds. The van der Waals surface area contributed by atoms with Gasteiger partial charge < -0.3 is 5.11 Å². The van der Waals surface area contributed by atoms with E-state index in [2.05, 4.69) is 9.97 Å². The van der Waals surface area contributed by atoms with Crippen molar-refractivity contribution in [3.63, 3.8) is 0 Å². The quantitative estimate of drug-likeness (QED) is 0.446. The maximum Gasteiger partial charge on any atom is 0.294 e. The standard InChI is InChI=1S/C25H19N3O3S/c1-14-24(32-15(2)27-14)22(29)20-21(18-11-5-6-13-26-18)28(25(31)23(20)30)19-12-7-9-16-8-3-4-10-17(16)19/h3-13,21,30H,1-2H3. The number of carbonyl (C=O) groups excluding carboxylic acids is 2. The highest BCUT2D eigenvalue weighted by Crippen LogP contribution is 2.44. The third-order valence-corrected chi connectivity index (χ3v) is 6.63. The first-order valence-electron chi connectivity index (χ1n) is 10.1. The molecule has 158 valence electrons. The highest BCUT2D eigenvalue weighted by molar-refractivity contribution is 7.14. The Bertz CT molecular complexity index is 1400. The fraction of sp³-hybridized carbons (Fsp3) is 0.120. The van der Waals surface area contributed by atoms with Crippen LogP contribution in [-0.4, -0.2) is 26.8 Å². The van der Waals surface area contributed by atoms with Crippen LogP contribution in [-0.2, 0) is 4.79 Å². The normalized spacial score (nSPS) is 16.2. The predicted octanol–water partition coefficient (Wildman–Crippen LogP) is 5.09. The van der Waals surface area contributed by atoms with Crippen LogP contribution in [0.25, 0.3) is 10.8 Å². The molecular weight excluding hydrogens is 422 g/mol. The molecule has 0 saturated heterocycles. The molecule has 0 saturated carbocycles. The first-order chi connectivity index (χ1) is 15.5. The summed E-state index contributed by atoms with van der Waals surface area (Å²) in [7, 11) is 0. The summed E-state index contributed by atoms with van der Waals surface area (Å²) in [4.78, 5) is 37.7. The van der Waals surface area contributed by atoms with E-state index in [0.29, 0.717) is 22.0 Å². The summed E-state index contributed by atoms with van der Waals surface area (Å²) in [6.07, 6.45) is 1.61. The van der Waals surface area contributed by atoms with Gasteiger partial charge in [-0.25, -0.2) is 4.98 Å². The van der Waals surface area contributed by atoms with Crippen molar-refractivity contribution in [2.24, 2.45) is 0 Å². The van der Waals surface area contributed by atoms with E-state index in [4.69, 9.17) is 0 Å². The summed E-state index contributed by atoms with van der Waals surface area (Å²) in [5.41, 5.74) is 1.71. The second-order valence-corrected chi connectivity index (χ2v) is 8.77. The average molecular weight is 442 g/mol. The number of hydrogen-bond donors (Lipinski definition) is 1. The Balaban J connectivity index is 1.73. The van der Waals surface area contributed by atoms with Gasteiger partial charge in [0, 0.05) is 11.6 Å². The number of amides is 1. The molecule has 1 N–H and O–H groups in total. The molecule has 4 aromatic rings. The lowest BCUT2D eigenvalue weighted by molar-refractivity contribution is -0.117. The molecule has 32 heavy (non-hydrogen) atoms. The second kappa shape index (κ2) is 7.69. The van der Waals surface area contributed by atoms with Crippen molar-refractivity contribution in [1.82, 2.24) is 9.97 Å². The molecule has 1 aliphatic heterocycles. The summed E-state index contributed by atoms with van der Waals surface area (Å²) in [5.74, 6) is -1.58. The van der Waals surface area contributed by atoms with Crippen molar-refractivity contribution in [1.29, 1.82) is 0 Å². The molecule has 2 aromatic heterocycles. The van der Waals surface area contributed by atoms with Crippen LogP contribution in [0.3, 0.4) is 0 Å². The van der Waals surface area contributed by atoms with Gasteiger partial charge in [-0.3, -0.25) is 19.5 Å². The van der Waals surface area contributed by atoms with Crippen molar-refractivity contribution >= 4 is 39.5 Å². The maximum atomic E-state index is 13.6. The summed E-state index contributed by atoms with van der Waals surface area (Å²) >= 11 is 1.25. The molecule has 5 rings (SSSR count). The lowest BCUT2D eigenvalue weighted by atomic mass is 9.97. The number of Topliss-reactive ketones (excluding diaryl/α,β-unsaturated/α-hetero) is 1. The van der Waals surface area contributed by atoms with Gasteiger partial charge in [0.1, 0.15) is 6.04 Å². The smallest absolute Gasteiger partial charge is 0.294 e. The average Bonchev–Trinajstić information content (AvgIpc) is 3.28. The van der Waals surface area contributed by atoms with E-state index in [-0.39, 0.29) is 5.57 Å². The van der Waals surface area contributed by atoms with E-state index in [1.807, 2.05) is 49.4 Å². The molecule has 1 unspecified atom stereocenters. The number of nitrogens with zero attached hydrogens (tertiary/aromatic N) is 3. The first-order valence-corrected chi connectivity index (χ1v) is 10.9. The zero-order chi connectivity index (χ0) is 22.4. The molecule has 7 heteroatoms. The number of aryl methyl sites for hydroxylation is 2. The summed E-state index contributed by atoms with van der Waals surface area (Å²) < 4.78 is 0. The minimum Gasteiger partial charge on any atom is -0.503 e. The van der Waals surface area contributed by atoms with Crippen LogP contribution >= 0.6 is 11.3 Å². The van der Waals surface area contributed by atoms with Crippen LogP contribution < -0.4 is 4.90 Å². The Hall–Kier alpha value is -3.84. The van der Waals surface area contributed by atoms with Gasteiger partial charge in [-0.15, -0.1) is 11.3 Å². The monoisotopic (exact) mass is 441 g/mol. The molecular formula is C25H19N3O3S. The highest BCUT2D eigenvalue weighted by atomic mass is 32.1. The molecule has 0 bridgehead atoms. The topological polar surface area (TPSA) is 83.4 Å². The predicted molar refractivity (Wildman–Crippen MR) is 124 cm³/mol. The van der Waals surface area contributed by atoms with E-state index in [1.54, 1.807) is 31.3 Å². The van der Waals surface area contributed by atoms with Crippen LogP contribution in [0.2, 0.25) is 0 Å². The molecule has 0 spiro atoms. The van der Waals surface area contributed by atoms with Gasteiger partial charge in [0.15, 0.2) is 5.76 Å². The van der Waals surface area contributed by atoms with Gasteiger partial charge in [0.2, 0.25) is 5.78 Å². The minimum absolute atomic E-state index is 0.0217. The molecule has 0 fully saturated rings. The second-order valence-electron chi connectivity index (χ2n) is 7.57. The largest absolute Gasteiger partial charge is 0.503 e. The number of anilines is 1. The van der Waals surface area contributed by atoms with Crippen LogP contribution in [0.4, 0.5) is 5.69 Å². The lowest BCUT2D eigenvalue weighted by Crippen LogP contribution is -2.31. The van der Waals surface area contributed by atoms with Gasteiger partial charge in [-0.05, 0) is 37.4 Å². The lowest BCUT2D eigenvalue weighted by Gasteiger charge is -2.27. The maximum absolute atomic E-state index is 13.6. The number of rotatable bonds is 4. The number of fused-ring (bicyclic) bond motifs is 1. The van der Waals surface area contributed by atoms with Crippen LogP contribution in [0.15, 0.2) is 78.2 Å². The molecule has 2 aromatic carbocycles. The summed E-state index contributed by atoms with van der Waals surface area (Å²) in [6, 6.07) is 17.8. The number of hydrogen-bond acceptors (Lipinski definition) is 6. The van der Waals surface area contributed by atoms with Gasteiger partial charge in [0.25, 0.3) is 5.91 Å². The van der Waals surface area contributed by atoms with Gasteiger partial charge in [-0.1, -0.05) is 42.5 Å². The van der Waals surface area contributed by atoms with Gasteiger partial charge in [-0.2, -0.15) is 0 Å². The van der Waals surface area contributed by atoms with E-state index in [0.717, 1.165) is 15.8 Å². The number of carbonyl (C=O) groups is 2. The van der Waals surface area contributed by atoms with Crippen molar-refractivity contribution in [2.45, 2.75) is 19.9 Å². The number of thiazole rings is 1. The number of ketones is 1. The van der Waals surface area contributed by atoms with Crippen molar-refractivity contribution < 1.29 is 14.7 Å². The van der Waals surface area contributed by atoms with Gasteiger partial charge in [0.05, 0.1) is 32.5 Å². The highest BCUT2D eigenvalue weighted by Gasteiger charge is 2.46. The Labute approximate surface area is 188 Å². The summed E-state index contributed by atoms with van der Waals surface area (Å²) in [5, 5.41) is 13.5. The van der Waals surface area contributed by atoms with E-state index in [9.17, 15) is 14.7 Å². The van der Waals surface area contributed by atoms with E-state index in [1.165, 1.54) is 16.2 Å². The van der Waals surface area contributed by atoms with Gasteiger partial charge >= 0.3 is 0 Å². The fourth-order valence-corrected chi connectivity index (χ4v) is 5.06. The zero-order valence-electron chi connectivity index (χ0n) is 17.4. The Morgan fingerprint density at radius 3 is 2.50 bits per heavy atom. The number of aliphatic hydroxyl groups is 1. The Morgan fingerprint density at radius 1 is 1.03 bits per heavy atom. The third-order valence-electron chi connectivity index (χ3n) is 5.56. The van der Waals surface area contributed by atoms with Crippen molar-refractivity contribution in [3.8, 4) is 0 Å². The molecule has 1 aliphatic rings. The van der Waals surface area contributed by atoms with Crippen molar-refractivity contribution in [2.75, 3.05) is 4.90 Å². The van der Waals surface area contributed by atoms with E-state index >= 15 is 0 Å². The SMILES string of the molecule is Cc1nc(C)c(C(=O)C2=C(O)C(=O)N(c3cccc4ccccc34)C2c2ccccn2)s1. The molecule has 3 heterocycles. The Kier molecular flexibility index (Phi) is 4.83. The van der Waals surface area contributed by atoms with Crippen LogP contribution in [0, 0.1) is 13.8 Å². The first kappa shape index (κ1) is 20.1. The fourth-order valence-electron chi connectivity index (χ4n) is 4.19. The third kappa shape index (κ3) is 3.09. The number of pyridine rings is 1. The number of aliphatic hydroxyl groups excluding tert-OH is 1. The molecule has 1 atom stereocenters. The zero-order valence-corrected chi connectivity index (χ0v) is 18.3. The molecule has 0 radical (unpaired) electrons. The molecule has 0 aliphatic carbocycles. The van der Waals surface area contributed by atoms with E-state index < -0.39 is 23.5 Å². The van der Waals surface area contributed by atoms with Crippen molar-refractivity contribution in [3.05, 3.63) is 99.5 Å². The van der Waals surface area contributed by atoms with Crippen LogP contribution in [0.5, 0.6) is 0 Å². The number of benzene rings is 2. The number of aromatic nitrogens is 2. The Morgan fingerprint density at radius 2 is 1.78 bits per heavy atom. The molecule has 6 nitrogen and oxygen atoms in total.